The van der Waals surface area contributed by atoms with Crippen LogP contribution in [0.5, 0.6) is 0 Å². The quantitative estimate of drug-likeness (QED) is 0.459. The molecule has 0 bridgehead atoms. The van der Waals surface area contributed by atoms with Gasteiger partial charge in [-0.25, -0.2) is 0 Å². The molecule has 0 spiro atoms. The van der Waals surface area contributed by atoms with Gasteiger partial charge < -0.3 is 14.5 Å². The summed E-state index contributed by atoms with van der Waals surface area (Å²) in [4.78, 5) is 31.4. The van der Waals surface area contributed by atoms with Crippen molar-refractivity contribution in [3.05, 3.63) is 71.5 Å². The van der Waals surface area contributed by atoms with Gasteiger partial charge in [0.2, 0.25) is 0 Å². The van der Waals surface area contributed by atoms with Crippen LogP contribution in [0.15, 0.2) is 54.9 Å². The van der Waals surface area contributed by atoms with Crippen LogP contribution < -0.4 is 5.32 Å². The molecule has 32 heavy (non-hydrogen) atoms. The van der Waals surface area contributed by atoms with E-state index in [2.05, 4.69) is 52.1 Å². The van der Waals surface area contributed by atoms with E-state index in [1.54, 1.807) is 0 Å². The fourth-order valence-corrected chi connectivity index (χ4v) is 4.60. The van der Waals surface area contributed by atoms with Crippen LogP contribution in [0.2, 0.25) is 0 Å². The van der Waals surface area contributed by atoms with E-state index in [0.717, 1.165) is 58.0 Å². The number of nitrogens with one attached hydrogen (secondary N) is 2. The molecule has 5 rings (SSSR count). The molecule has 2 amide bonds. The van der Waals surface area contributed by atoms with Crippen molar-refractivity contribution >= 4 is 44.8 Å². The van der Waals surface area contributed by atoms with Crippen LogP contribution >= 0.6 is 0 Å². The van der Waals surface area contributed by atoms with Gasteiger partial charge in [-0.15, -0.1) is 0 Å². The molecule has 6 nitrogen and oxygen atoms in total. The number of fused-ring (bicyclic) bond motifs is 2. The van der Waals surface area contributed by atoms with Gasteiger partial charge in [-0.1, -0.05) is 29.8 Å². The van der Waals surface area contributed by atoms with Crippen LogP contribution in [0.25, 0.3) is 33.0 Å². The van der Waals surface area contributed by atoms with E-state index < -0.39 is 0 Å². The summed E-state index contributed by atoms with van der Waals surface area (Å²) in [6.07, 6.45) is 4.84. The number of amides is 2. The molecule has 2 aromatic heterocycles. The van der Waals surface area contributed by atoms with Gasteiger partial charge in [-0.05, 0) is 52.2 Å². The summed E-state index contributed by atoms with van der Waals surface area (Å²) in [5, 5.41) is 4.45. The molecule has 0 fully saturated rings. The summed E-state index contributed by atoms with van der Waals surface area (Å²) in [6, 6.07) is 14.1. The Bertz CT molecular complexity index is 1400. The molecule has 0 saturated heterocycles. The highest BCUT2D eigenvalue weighted by atomic mass is 16.2. The third-order valence-corrected chi connectivity index (χ3v) is 6.10. The van der Waals surface area contributed by atoms with E-state index in [9.17, 15) is 9.59 Å². The van der Waals surface area contributed by atoms with Crippen LogP contribution in [0, 0.1) is 6.92 Å². The molecule has 0 radical (unpaired) electrons. The normalized spacial score (nSPS) is 14.4. The van der Waals surface area contributed by atoms with E-state index in [4.69, 9.17) is 0 Å². The fraction of sp³-hybridized carbons (Fsp3) is 0.231. The van der Waals surface area contributed by atoms with Gasteiger partial charge in [-0.3, -0.25) is 14.9 Å². The summed E-state index contributed by atoms with van der Waals surface area (Å²) >= 11 is 0. The van der Waals surface area contributed by atoms with Gasteiger partial charge in [0.15, 0.2) is 0 Å². The Balaban J connectivity index is 1.72. The Morgan fingerprint density at radius 3 is 2.47 bits per heavy atom. The number of hydrogen-bond donors (Lipinski definition) is 2. The molecule has 162 valence electrons. The minimum absolute atomic E-state index is 0.343. The van der Waals surface area contributed by atoms with Gasteiger partial charge in [-0.2, -0.15) is 0 Å². The number of carbonyl (C=O) groups is 2. The van der Waals surface area contributed by atoms with Crippen molar-refractivity contribution in [1.29, 1.82) is 0 Å². The van der Waals surface area contributed by atoms with Gasteiger partial charge in [0, 0.05) is 51.9 Å². The molecular formula is C26H26N4O2. The number of hydrogen-bond acceptors (Lipinski definition) is 3. The molecule has 2 N–H and O–H groups in total. The number of imide groups is 1. The first kappa shape index (κ1) is 20.3. The molecule has 0 saturated carbocycles. The molecule has 0 unspecified atom stereocenters. The first-order valence-corrected chi connectivity index (χ1v) is 10.8. The van der Waals surface area contributed by atoms with Crippen LogP contribution in [-0.4, -0.2) is 46.9 Å². The van der Waals surface area contributed by atoms with E-state index in [-0.39, 0.29) is 11.8 Å². The van der Waals surface area contributed by atoms with Crippen LogP contribution in [-0.2, 0) is 16.1 Å². The average molecular weight is 427 g/mol. The summed E-state index contributed by atoms with van der Waals surface area (Å²) < 4.78 is 2.20. The first-order valence-electron chi connectivity index (χ1n) is 10.8. The number of H-pyrrole nitrogens is 1. The predicted octanol–water partition coefficient (Wildman–Crippen LogP) is 3.95. The lowest BCUT2D eigenvalue weighted by molar-refractivity contribution is -0.122. The SMILES string of the molecule is Cc1ccc2c(c1)c(C1=C(c3c[nH]c4ccccc34)C(=O)NC1=O)cn2CCCN(C)C. The number of aromatic amines is 1. The molecule has 0 aliphatic carbocycles. The van der Waals surface area contributed by atoms with Crippen LogP contribution in [0.1, 0.15) is 23.1 Å². The maximum atomic E-state index is 13.1. The molecule has 6 heteroatoms. The topological polar surface area (TPSA) is 70.1 Å². The average Bonchev–Trinajstić information content (AvgIpc) is 3.40. The smallest absolute Gasteiger partial charge is 0.259 e. The molecular weight excluding hydrogens is 400 g/mol. The lowest BCUT2D eigenvalue weighted by Crippen LogP contribution is -2.22. The summed E-state index contributed by atoms with van der Waals surface area (Å²) in [5.41, 5.74) is 5.55. The number of rotatable bonds is 6. The number of benzene rings is 2. The van der Waals surface area contributed by atoms with E-state index >= 15 is 0 Å². The zero-order valence-corrected chi connectivity index (χ0v) is 18.5. The second-order valence-corrected chi connectivity index (χ2v) is 8.69. The van der Waals surface area contributed by atoms with Crippen molar-refractivity contribution in [3.8, 4) is 0 Å². The Kier molecular flexibility index (Phi) is 4.94. The Morgan fingerprint density at radius 2 is 1.69 bits per heavy atom. The van der Waals surface area contributed by atoms with Gasteiger partial charge in [0.25, 0.3) is 11.8 Å². The lowest BCUT2D eigenvalue weighted by atomic mass is 9.95. The largest absolute Gasteiger partial charge is 0.361 e. The Morgan fingerprint density at radius 1 is 0.938 bits per heavy atom. The Labute approximate surface area is 186 Å². The van der Waals surface area contributed by atoms with Crippen molar-refractivity contribution in [2.24, 2.45) is 0 Å². The number of aryl methyl sites for hydroxylation is 2. The molecule has 4 aromatic rings. The Hall–Kier alpha value is -3.64. The van der Waals surface area contributed by atoms with Crippen molar-refractivity contribution < 1.29 is 9.59 Å². The molecule has 1 aliphatic heterocycles. The fourth-order valence-electron chi connectivity index (χ4n) is 4.60. The number of para-hydroxylation sites is 1. The zero-order valence-electron chi connectivity index (χ0n) is 18.5. The predicted molar refractivity (Wildman–Crippen MR) is 128 cm³/mol. The number of nitrogens with zero attached hydrogens (tertiary/aromatic N) is 2. The van der Waals surface area contributed by atoms with Gasteiger partial charge in [0.05, 0.1) is 11.1 Å². The zero-order chi connectivity index (χ0) is 22.4. The molecule has 1 aliphatic rings. The highest BCUT2D eigenvalue weighted by Crippen LogP contribution is 2.38. The molecule has 2 aromatic carbocycles. The summed E-state index contributed by atoms with van der Waals surface area (Å²) in [7, 11) is 4.13. The van der Waals surface area contributed by atoms with Crippen molar-refractivity contribution in [1.82, 2.24) is 19.8 Å². The maximum absolute atomic E-state index is 13.1. The second-order valence-electron chi connectivity index (χ2n) is 8.69. The second kappa shape index (κ2) is 7.80. The minimum Gasteiger partial charge on any atom is -0.361 e. The van der Waals surface area contributed by atoms with E-state index in [0.29, 0.717) is 11.1 Å². The third-order valence-electron chi connectivity index (χ3n) is 6.10. The number of carbonyl (C=O) groups excluding carboxylic acids is 2. The highest BCUT2D eigenvalue weighted by molar-refractivity contribution is 6.50. The maximum Gasteiger partial charge on any atom is 0.259 e. The van der Waals surface area contributed by atoms with Crippen molar-refractivity contribution in [2.75, 3.05) is 20.6 Å². The third kappa shape index (κ3) is 3.33. The minimum atomic E-state index is -0.351. The number of aromatic nitrogens is 2. The summed E-state index contributed by atoms with van der Waals surface area (Å²) in [5.74, 6) is -0.694. The van der Waals surface area contributed by atoms with E-state index in [1.165, 1.54) is 0 Å². The van der Waals surface area contributed by atoms with Crippen molar-refractivity contribution in [3.63, 3.8) is 0 Å². The van der Waals surface area contributed by atoms with Gasteiger partial charge in [0.1, 0.15) is 0 Å². The van der Waals surface area contributed by atoms with E-state index in [1.807, 2.05) is 43.6 Å². The first-order chi connectivity index (χ1) is 15.4. The molecule has 0 atom stereocenters. The van der Waals surface area contributed by atoms with Crippen LogP contribution in [0.4, 0.5) is 0 Å². The molecule has 3 heterocycles. The monoisotopic (exact) mass is 426 g/mol. The highest BCUT2D eigenvalue weighted by Gasteiger charge is 2.35. The standard InChI is InChI=1S/C26H26N4O2/c1-16-9-10-22-18(13-16)20(15-30(22)12-6-11-29(2)3)24-23(25(31)28-26(24)32)19-14-27-21-8-5-4-7-17(19)21/h4-5,7-10,13-15,27H,6,11-12H2,1-3H3,(H,28,31,32). The lowest BCUT2D eigenvalue weighted by Gasteiger charge is -2.10. The van der Waals surface area contributed by atoms with Gasteiger partial charge >= 0.3 is 0 Å². The summed E-state index contributed by atoms with van der Waals surface area (Å²) in [6.45, 7) is 3.85. The van der Waals surface area contributed by atoms with Crippen LogP contribution in [0.3, 0.4) is 0 Å². The van der Waals surface area contributed by atoms with Crippen molar-refractivity contribution in [2.45, 2.75) is 19.9 Å².